The highest BCUT2D eigenvalue weighted by Crippen LogP contribution is 2.23. The topological polar surface area (TPSA) is 120 Å². The summed E-state index contributed by atoms with van der Waals surface area (Å²) in [6, 6.07) is 18.9. The molecule has 0 saturated carbocycles. The molecule has 0 fully saturated rings. The zero-order chi connectivity index (χ0) is 23.8. The van der Waals surface area contributed by atoms with E-state index in [4.69, 9.17) is 9.47 Å². The monoisotopic (exact) mass is 511 g/mol. The van der Waals surface area contributed by atoms with E-state index in [0.717, 1.165) is 4.47 Å². The van der Waals surface area contributed by atoms with Crippen LogP contribution in [0.4, 0.5) is 5.69 Å². The Kier molecular flexibility index (Phi) is 7.87. The molecule has 3 aromatic carbocycles. The van der Waals surface area contributed by atoms with E-state index in [1.807, 2.05) is 0 Å². The highest BCUT2D eigenvalue weighted by Gasteiger charge is 2.15. The number of nitrogens with zero attached hydrogens (tertiary/aromatic N) is 2. The maximum absolute atomic E-state index is 12.4. The number of carbonyl (C=O) groups is 2. The molecule has 168 valence electrons. The molecule has 9 nitrogen and oxygen atoms in total. The van der Waals surface area contributed by atoms with Gasteiger partial charge >= 0.3 is 5.97 Å². The van der Waals surface area contributed by atoms with E-state index in [2.05, 4.69) is 26.5 Å². The lowest BCUT2D eigenvalue weighted by molar-refractivity contribution is -0.384. The first-order valence-electron chi connectivity index (χ1n) is 9.64. The predicted octanol–water partition coefficient (Wildman–Crippen LogP) is 4.49. The van der Waals surface area contributed by atoms with E-state index in [0.29, 0.717) is 16.9 Å². The van der Waals surface area contributed by atoms with Crippen LogP contribution in [0.1, 0.15) is 22.8 Å². The lowest BCUT2D eigenvalue weighted by Crippen LogP contribution is -2.33. The zero-order valence-electron chi connectivity index (χ0n) is 17.3. The van der Waals surface area contributed by atoms with E-state index in [1.54, 1.807) is 48.5 Å². The van der Waals surface area contributed by atoms with Gasteiger partial charge < -0.3 is 9.47 Å². The van der Waals surface area contributed by atoms with E-state index >= 15 is 0 Å². The Morgan fingerprint density at radius 1 is 1.09 bits per heavy atom. The molecule has 33 heavy (non-hydrogen) atoms. The summed E-state index contributed by atoms with van der Waals surface area (Å²) in [4.78, 5) is 34.8. The SMILES string of the molecule is CC(Oc1ccc([N+](=O)[O-])cc1)C(=O)N/N=C/c1cc(Br)ccc1OC(=O)c1ccccc1. The molecule has 0 aliphatic rings. The quantitative estimate of drug-likeness (QED) is 0.156. The second-order valence-corrected chi connectivity index (χ2v) is 7.60. The molecule has 0 saturated heterocycles. The normalized spacial score (nSPS) is 11.6. The Morgan fingerprint density at radius 3 is 2.45 bits per heavy atom. The van der Waals surface area contributed by atoms with Gasteiger partial charge in [-0.1, -0.05) is 34.1 Å². The number of hydrogen-bond acceptors (Lipinski definition) is 7. The van der Waals surface area contributed by atoms with Crippen molar-refractivity contribution in [2.45, 2.75) is 13.0 Å². The lowest BCUT2D eigenvalue weighted by atomic mass is 10.2. The molecule has 0 aliphatic carbocycles. The summed E-state index contributed by atoms with van der Waals surface area (Å²) in [5.74, 6) is -0.501. The average molecular weight is 512 g/mol. The molecule has 0 radical (unpaired) electrons. The summed E-state index contributed by atoms with van der Waals surface area (Å²) in [5.41, 5.74) is 3.13. The summed E-state index contributed by atoms with van der Waals surface area (Å²) in [7, 11) is 0. The summed E-state index contributed by atoms with van der Waals surface area (Å²) < 4.78 is 11.7. The first-order valence-corrected chi connectivity index (χ1v) is 10.4. The van der Waals surface area contributed by atoms with Crippen LogP contribution >= 0.6 is 15.9 Å². The zero-order valence-corrected chi connectivity index (χ0v) is 18.9. The van der Waals surface area contributed by atoms with Crippen LogP contribution in [0, 0.1) is 10.1 Å². The maximum Gasteiger partial charge on any atom is 0.343 e. The number of nitro groups is 1. The Morgan fingerprint density at radius 2 is 1.79 bits per heavy atom. The largest absolute Gasteiger partial charge is 0.481 e. The number of non-ortho nitro benzene ring substituents is 1. The van der Waals surface area contributed by atoms with Gasteiger partial charge in [0.25, 0.3) is 11.6 Å². The summed E-state index contributed by atoms with van der Waals surface area (Å²) in [5, 5.41) is 14.6. The highest BCUT2D eigenvalue weighted by atomic mass is 79.9. The van der Waals surface area contributed by atoms with Gasteiger partial charge in [-0.05, 0) is 49.4 Å². The molecule has 0 spiro atoms. The fraction of sp³-hybridized carbons (Fsp3) is 0.0870. The van der Waals surface area contributed by atoms with Crippen LogP contribution < -0.4 is 14.9 Å². The molecular formula is C23H18BrN3O6. The predicted molar refractivity (Wildman–Crippen MR) is 124 cm³/mol. The van der Waals surface area contributed by atoms with Crippen molar-refractivity contribution in [3.8, 4) is 11.5 Å². The molecule has 10 heteroatoms. The summed E-state index contributed by atoms with van der Waals surface area (Å²) in [6.07, 6.45) is 0.427. The lowest BCUT2D eigenvalue weighted by Gasteiger charge is -2.12. The van der Waals surface area contributed by atoms with Gasteiger partial charge in [0, 0.05) is 22.2 Å². The minimum Gasteiger partial charge on any atom is -0.481 e. The maximum atomic E-state index is 12.4. The number of carbonyl (C=O) groups excluding carboxylic acids is 2. The van der Waals surface area contributed by atoms with Crippen molar-refractivity contribution in [2.75, 3.05) is 0 Å². The number of halogens is 1. The Hall–Kier alpha value is -4.05. The second-order valence-electron chi connectivity index (χ2n) is 6.68. The third kappa shape index (κ3) is 6.71. The third-order valence-electron chi connectivity index (χ3n) is 4.29. The van der Waals surface area contributed by atoms with Crippen LogP contribution in [-0.2, 0) is 4.79 Å². The summed E-state index contributed by atoms with van der Waals surface area (Å²) >= 11 is 3.35. The Balaban J connectivity index is 1.63. The number of esters is 1. The van der Waals surface area contributed by atoms with E-state index in [1.165, 1.54) is 37.4 Å². The first kappa shape index (κ1) is 23.6. The van der Waals surface area contributed by atoms with E-state index < -0.39 is 22.9 Å². The molecule has 0 aliphatic heterocycles. The highest BCUT2D eigenvalue weighted by molar-refractivity contribution is 9.10. The molecule has 1 atom stereocenters. The van der Waals surface area contributed by atoms with Crippen LogP contribution in [0.2, 0.25) is 0 Å². The fourth-order valence-electron chi connectivity index (χ4n) is 2.61. The number of benzene rings is 3. The molecular weight excluding hydrogens is 494 g/mol. The number of hydrazone groups is 1. The number of nitrogens with one attached hydrogen (secondary N) is 1. The van der Waals surface area contributed by atoms with Crippen LogP contribution in [0.15, 0.2) is 82.4 Å². The Bertz CT molecular complexity index is 1180. The number of nitro benzene ring substituents is 1. The van der Waals surface area contributed by atoms with Gasteiger partial charge in [0.1, 0.15) is 11.5 Å². The van der Waals surface area contributed by atoms with Crippen molar-refractivity contribution in [3.63, 3.8) is 0 Å². The molecule has 0 aromatic heterocycles. The van der Waals surface area contributed by atoms with Crippen LogP contribution in [0.25, 0.3) is 0 Å². The molecule has 3 rings (SSSR count). The van der Waals surface area contributed by atoms with Gasteiger partial charge in [-0.25, -0.2) is 10.2 Å². The molecule has 0 bridgehead atoms. The molecule has 3 aromatic rings. The number of ether oxygens (including phenoxy) is 2. The first-order chi connectivity index (χ1) is 15.8. The van der Waals surface area contributed by atoms with Crippen LogP contribution in [0.3, 0.4) is 0 Å². The van der Waals surface area contributed by atoms with Gasteiger partial charge in [0.15, 0.2) is 6.10 Å². The van der Waals surface area contributed by atoms with Gasteiger partial charge in [-0.2, -0.15) is 5.10 Å². The molecule has 0 heterocycles. The van der Waals surface area contributed by atoms with Crippen LogP contribution in [-0.4, -0.2) is 29.1 Å². The fourth-order valence-corrected chi connectivity index (χ4v) is 2.99. The molecule has 1 N–H and O–H groups in total. The van der Waals surface area contributed by atoms with Crippen molar-refractivity contribution in [3.05, 3.63) is 98.5 Å². The van der Waals surface area contributed by atoms with Crippen molar-refractivity contribution < 1.29 is 24.0 Å². The van der Waals surface area contributed by atoms with Gasteiger partial charge in [-0.15, -0.1) is 0 Å². The smallest absolute Gasteiger partial charge is 0.343 e. The number of rotatable bonds is 8. The second kappa shape index (κ2) is 11.0. The standard InChI is InChI=1S/C23H18BrN3O6/c1-15(32-20-10-8-19(9-11-20)27(30)31)22(28)26-25-14-17-13-18(24)7-12-21(17)33-23(29)16-5-3-2-4-6-16/h2-15H,1H3,(H,26,28)/b25-14+. The number of amides is 1. The van der Waals surface area contributed by atoms with Crippen molar-refractivity contribution in [1.29, 1.82) is 0 Å². The van der Waals surface area contributed by atoms with Crippen molar-refractivity contribution in [1.82, 2.24) is 5.43 Å². The Labute approximate surface area is 197 Å². The van der Waals surface area contributed by atoms with E-state index in [-0.39, 0.29) is 11.4 Å². The minimum atomic E-state index is -0.915. The summed E-state index contributed by atoms with van der Waals surface area (Å²) in [6.45, 7) is 1.51. The van der Waals surface area contributed by atoms with Crippen LogP contribution in [0.5, 0.6) is 11.5 Å². The number of hydrogen-bond donors (Lipinski definition) is 1. The third-order valence-corrected chi connectivity index (χ3v) is 4.79. The minimum absolute atomic E-state index is 0.0816. The molecule has 1 amide bonds. The van der Waals surface area contributed by atoms with Gasteiger partial charge in [0.2, 0.25) is 0 Å². The van der Waals surface area contributed by atoms with Crippen molar-refractivity contribution in [2.24, 2.45) is 5.10 Å². The average Bonchev–Trinajstić information content (AvgIpc) is 2.81. The van der Waals surface area contributed by atoms with Gasteiger partial charge in [0.05, 0.1) is 16.7 Å². The van der Waals surface area contributed by atoms with E-state index in [9.17, 15) is 19.7 Å². The van der Waals surface area contributed by atoms with Gasteiger partial charge in [-0.3, -0.25) is 14.9 Å². The van der Waals surface area contributed by atoms with Crippen molar-refractivity contribution >= 4 is 39.7 Å². The molecule has 1 unspecified atom stereocenters.